The molecule has 0 atom stereocenters. The van der Waals surface area contributed by atoms with Crippen LogP contribution in [-0.4, -0.2) is 24.9 Å². The van der Waals surface area contributed by atoms with E-state index in [1.807, 2.05) is 45.9 Å². The third-order valence-corrected chi connectivity index (χ3v) is 3.41. The molecule has 1 rings (SSSR count). The maximum Gasteiger partial charge on any atom is 0.223 e. The largest absolute Gasteiger partial charge is 0.354 e. The van der Waals surface area contributed by atoms with Gasteiger partial charge in [0.15, 0.2) is 0 Å². The predicted molar refractivity (Wildman–Crippen MR) is 81.8 cm³/mol. The van der Waals surface area contributed by atoms with Crippen LogP contribution in [0.15, 0.2) is 18.2 Å². The molecule has 1 aromatic carbocycles. The summed E-state index contributed by atoms with van der Waals surface area (Å²) < 4.78 is 0. The van der Waals surface area contributed by atoms with Crippen LogP contribution in [0.3, 0.4) is 0 Å². The lowest BCUT2D eigenvalue weighted by atomic mass is 10.1. The van der Waals surface area contributed by atoms with E-state index in [1.54, 1.807) is 11.8 Å². The van der Waals surface area contributed by atoms with E-state index < -0.39 is 0 Å². The molecule has 0 spiro atoms. The van der Waals surface area contributed by atoms with Crippen molar-refractivity contribution < 1.29 is 9.59 Å². The first kappa shape index (κ1) is 16.2. The van der Waals surface area contributed by atoms with Gasteiger partial charge in [-0.25, -0.2) is 0 Å². The Hall–Kier alpha value is -1.84. The highest BCUT2D eigenvalue weighted by Gasteiger charge is 2.15. The summed E-state index contributed by atoms with van der Waals surface area (Å²) in [5, 5.41) is 2.84. The zero-order chi connectivity index (χ0) is 15.3. The van der Waals surface area contributed by atoms with Gasteiger partial charge in [0.1, 0.15) is 0 Å². The molecule has 0 aliphatic carbocycles. The van der Waals surface area contributed by atoms with Crippen molar-refractivity contribution >= 4 is 17.5 Å². The topological polar surface area (TPSA) is 49.4 Å². The van der Waals surface area contributed by atoms with Crippen LogP contribution in [0.1, 0.15) is 31.9 Å². The molecule has 1 aromatic rings. The number of carbonyl (C=O) groups is 2. The van der Waals surface area contributed by atoms with E-state index in [9.17, 15) is 9.59 Å². The van der Waals surface area contributed by atoms with Crippen molar-refractivity contribution in [2.75, 3.05) is 18.0 Å². The number of nitrogens with one attached hydrogen (secondary N) is 1. The van der Waals surface area contributed by atoms with Crippen molar-refractivity contribution in [3.8, 4) is 0 Å². The van der Waals surface area contributed by atoms with Crippen LogP contribution < -0.4 is 10.2 Å². The van der Waals surface area contributed by atoms with E-state index in [-0.39, 0.29) is 17.7 Å². The van der Waals surface area contributed by atoms with E-state index >= 15 is 0 Å². The van der Waals surface area contributed by atoms with E-state index in [2.05, 4.69) is 5.32 Å². The molecule has 2 amide bonds. The highest BCUT2D eigenvalue weighted by molar-refractivity contribution is 5.92. The van der Waals surface area contributed by atoms with Crippen molar-refractivity contribution in [2.24, 2.45) is 5.92 Å². The molecule has 1 N–H and O–H groups in total. The molecular weight excluding hydrogens is 252 g/mol. The van der Waals surface area contributed by atoms with Gasteiger partial charge in [-0.05, 0) is 31.0 Å². The highest BCUT2D eigenvalue weighted by Crippen LogP contribution is 2.22. The van der Waals surface area contributed by atoms with Crippen molar-refractivity contribution in [2.45, 2.75) is 34.6 Å². The lowest BCUT2D eigenvalue weighted by Gasteiger charge is -2.24. The maximum absolute atomic E-state index is 11.8. The standard InChI is InChI=1S/C16H24N2O2/c1-11(2)16(20)17-9-10-18(14(5)19)15-8-6-7-12(3)13(15)4/h6-8,11H,9-10H2,1-5H3,(H,17,20). The van der Waals surface area contributed by atoms with E-state index in [4.69, 9.17) is 0 Å². The quantitative estimate of drug-likeness (QED) is 0.898. The van der Waals surface area contributed by atoms with Crippen LogP contribution in [0.5, 0.6) is 0 Å². The van der Waals surface area contributed by atoms with Crippen LogP contribution in [0.2, 0.25) is 0 Å². The molecule has 0 radical (unpaired) electrons. The number of aryl methyl sites for hydroxylation is 1. The SMILES string of the molecule is CC(=O)N(CCNC(=O)C(C)C)c1cccc(C)c1C. The Morgan fingerprint density at radius 3 is 2.45 bits per heavy atom. The summed E-state index contributed by atoms with van der Waals surface area (Å²) in [4.78, 5) is 25.1. The van der Waals surface area contributed by atoms with Crippen LogP contribution in [0.25, 0.3) is 0 Å². The van der Waals surface area contributed by atoms with Gasteiger partial charge in [-0.1, -0.05) is 26.0 Å². The Balaban J connectivity index is 2.78. The van der Waals surface area contributed by atoms with Crippen molar-refractivity contribution in [1.82, 2.24) is 5.32 Å². The van der Waals surface area contributed by atoms with Gasteiger partial charge in [0.2, 0.25) is 11.8 Å². The fourth-order valence-corrected chi connectivity index (χ4v) is 1.97. The van der Waals surface area contributed by atoms with Crippen molar-refractivity contribution in [3.05, 3.63) is 29.3 Å². The van der Waals surface area contributed by atoms with Gasteiger partial charge in [-0.15, -0.1) is 0 Å². The second-order valence-corrected chi connectivity index (χ2v) is 5.34. The summed E-state index contributed by atoms with van der Waals surface area (Å²) in [6, 6.07) is 5.91. The number of anilines is 1. The third-order valence-electron chi connectivity index (χ3n) is 3.41. The van der Waals surface area contributed by atoms with Gasteiger partial charge in [0.25, 0.3) is 0 Å². The monoisotopic (exact) mass is 276 g/mol. The molecule has 0 aromatic heterocycles. The second kappa shape index (κ2) is 7.08. The highest BCUT2D eigenvalue weighted by atomic mass is 16.2. The summed E-state index contributed by atoms with van der Waals surface area (Å²) in [5.41, 5.74) is 3.16. The van der Waals surface area contributed by atoms with Crippen molar-refractivity contribution in [3.63, 3.8) is 0 Å². The Bertz CT molecular complexity index is 495. The fraction of sp³-hybridized carbons (Fsp3) is 0.500. The molecule has 0 saturated carbocycles. The fourth-order valence-electron chi connectivity index (χ4n) is 1.97. The number of benzene rings is 1. The molecule has 4 heteroatoms. The number of hydrogen-bond acceptors (Lipinski definition) is 2. The zero-order valence-electron chi connectivity index (χ0n) is 13.0. The Morgan fingerprint density at radius 1 is 1.25 bits per heavy atom. The first-order valence-corrected chi connectivity index (χ1v) is 6.96. The lowest BCUT2D eigenvalue weighted by Crippen LogP contribution is -2.39. The summed E-state index contributed by atoms with van der Waals surface area (Å²) >= 11 is 0. The number of rotatable bonds is 5. The number of hydrogen-bond donors (Lipinski definition) is 1. The molecular formula is C16H24N2O2. The van der Waals surface area contributed by atoms with Gasteiger partial charge in [0.05, 0.1) is 0 Å². The van der Waals surface area contributed by atoms with Crippen LogP contribution in [0, 0.1) is 19.8 Å². The lowest BCUT2D eigenvalue weighted by molar-refractivity contribution is -0.124. The summed E-state index contributed by atoms with van der Waals surface area (Å²) in [7, 11) is 0. The molecule has 110 valence electrons. The average Bonchev–Trinajstić information content (AvgIpc) is 2.37. The van der Waals surface area contributed by atoms with Crippen LogP contribution >= 0.6 is 0 Å². The second-order valence-electron chi connectivity index (χ2n) is 5.34. The van der Waals surface area contributed by atoms with Crippen LogP contribution in [-0.2, 0) is 9.59 Å². The summed E-state index contributed by atoms with van der Waals surface area (Å²) in [5.74, 6) is -0.0477. The Kier molecular flexibility index (Phi) is 5.74. The molecule has 0 bridgehead atoms. The number of nitrogens with zero attached hydrogens (tertiary/aromatic N) is 1. The first-order chi connectivity index (χ1) is 9.34. The molecule has 4 nitrogen and oxygen atoms in total. The van der Waals surface area contributed by atoms with Gasteiger partial charge < -0.3 is 10.2 Å². The molecule has 20 heavy (non-hydrogen) atoms. The van der Waals surface area contributed by atoms with Gasteiger partial charge in [0, 0.05) is 31.6 Å². The molecule has 0 fully saturated rings. The van der Waals surface area contributed by atoms with E-state index in [1.165, 1.54) is 0 Å². The minimum absolute atomic E-state index is 0.00877. The van der Waals surface area contributed by atoms with Gasteiger partial charge in [-0.2, -0.15) is 0 Å². The van der Waals surface area contributed by atoms with Crippen molar-refractivity contribution in [1.29, 1.82) is 0 Å². The molecule has 0 heterocycles. The molecule has 0 aliphatic rings. The minimum atomic E-state index is -0.0403. The van der Waals surface area contributed by atoms with E-state index in [0.29, 0.717) is 13.1 Å². The van der Waals surface area contributed by atoms with Gasteiger partial charge in [-0.3, -0.25) is 9.59 Å². The normalized spacial score (nSPS) is 10.5. The number of carbonyl (C=O) groups excluding carboxylic acids is 2. The average molecular weight is 276 g/mol. The molecule has 0 aliphatic heterocycles. The first-order valence-electron chi connectivity index (χ1n) is 6.96. The summed E-state index contributed by atoms with van der Waals surface area (Å²) in [6.45, 7) is 10.2. The predicted octanol–water partition coefficient (Wildman–Crippen LogP) is 2.43. The minimum Gasteiger partial charge on any atom is -0.354 e. The Morgan fingerprint density at radius 2 is 1.90 bits per heavy atom. The zero-order valence-corrected chi connectivity index (χ0v) is 13.0. The number of amides is 2. The van der Waals surface area contributed by atoms with E-state index in [0.717, 1.165) is 16.8 Å². The summed E-state index contributed by atoms with van der Waals surface area (Å²) in [6.07, 6.45) is 0. The Labute approximate surface area is 121 Å². The molecule has 0 unspecified atom stereocenters. The smallest absolute Gasteiger partial charge is 0.223 e. The third kappa shape index (κ3) is 4.08. The van der Waals surface area contributed by atoms with Crippen LogP contribution in [0.4, 0.5) is 5.69 Å². The van der Waals surface area contributed by atoms with Gasteiger partial charge >= 0.3 is 0 Å². The maximum atomic E-state index is 11.8. The molecule has 0 saturated heterocycles.